The summed E-state index contributed by atoms with van der Waals surface area (Å²) in [6.07, 6.45) is 0.342. The molecule has 2 amide bonds. The number of carbonyl (C=O) groups is 2. The van der Waals surface area contributed by atoms with Gasteiger partial charge in [-0.15, -0.1) is 0 Å². The lowest BCUT2D eigenvalue weighted by Crippen LogP contribution is -2.52. The molecule has 9 nitrogen and oxygen atoms in total. The molecular weight excluding hydrogens is 390 g/mol. The fourth-order valence-corrected chi connectivity index (χ4v) is 3.51. The fraction of sp³-hybridized carbons (Fsp3) is 0.619. The van der Waals surface area contributed by atoms with Crippen molar-refractivity contribution in [2.24, 2.45) is 0 Å². The molecule has 168 valence electrons. The van der Waals surface area contributed by atoms with Crippen LogP contribution in [0.15, 0.2) is 12.1 Å². The first kappa shape index (κ1) is 23.8. The van der Waals surface area contributed by atoms with E-state index in [2.05, 4.69) is 22.5 Å². The minimum absolute atomic E-state index is 0.127. The van der Waals surface area contributed by atoms with E-state index in [9.17, 15) is 9.59 Å². The van der Waals surface area contributed by atoms with Gasteiger partial charge in [-0.3, -0.25) is 14.5 Å². The standard InChI is InChI=1S/C21H33N3O6/c1-13(24-11-14(2)30-15(3)12-24)9-22-19(25)10-23-21(26)16-7-17(27-4)20(29-6)18(8-16)28-5/h7-8,13-15H,9-12H2,1-6H3,(H,22,25)(H,23,26). The highest BCUT2D eigenvalue weighted by Crippen LogP contribution is 2.38. The van der Waals surface area contributed by atoms with E-state index in [1.54, 1.807) is 0 Å². The maximum atomic E-state index is 12.5. The van der Waals surface area contributed by atoms with Gasteiger partial charge in [-0.2, -0.15) is 0 Å². The number of ether oxygens (including phenoxy) is 4. The molecule has 0 bridgehead atoms. The van der Waals surface area contributed by atoms with E-state index in [0.717, 1.165) is 13.1 Å². The molecule has 0 saturated carbocycles. The van der Waals surface area contributed by atoms with Crippen molar-refractivity contribution in [2.45, 2.75) is 39.0 Å². The predicted molar refractivity (Wildman–Crippen MR) is 112 cm³/mol. The Morgan fingerprint density at radius 2 is 1.63 bits per heavy atom. The summed E-state index contributed by atoms with van der Waals surface area (Å²) in [5, 5.41) is 5.49. The van der Waals surface area contributed by atoms with Crippen LogP contribution in [0.1, 0.15) is 31.1 Å². The van der Waals surface area contributed by atoms with E-state index in [4.69, 9.17) is 18.9 Å². The highest BCUT2D eigenvalue weighted by Gasteiger charge is 2.26. The Balaban J connectivity index is 1.86. The van der Waals surface area contributed by atoms with Crippen molar-refractivity contribution in [1.82, 2.24) is 15.5 Å². The van der Waals surface area contributed by atoms with Crippen LogP contribution in [0.2, 0.25) is 0 Å². The lowest BCUT2D eigenvalue weighted by atomic mass is 10.1. The topological polar surface area (TPSA) is 98.4 Å². The second kappa shape index (κ2) is 11.0. The zero-order valence-corrected chi connectivity index (χ0v) is 18.6. The Morgan fingerprint density at radius 3 is 2.13 bits per heavy atom. The van der Waals surface area contributed by atoms with E-state index in [0.29, 0.717) is 29.4 Å². The second-order valence-corrected chi connectivity index (χ2v) is 7.46. The lowest BCUT2D eigenvalue weighted by Gasteiger charge is -2.39. The first-order valence-corrected chi connectivity index (χ1v) is 10.0. The number of hydrogen-bond donors (Lipinski definition) is 2. The summed E-state index contributed by atoms with van der Waals surface area (Å²) in [6, 6.07) is 3.25. The predicted octanol–water partition coefficient (Wildman–Crippen LogP) is 1.06. The van der Waals surface area contributed by atoms with Gasteiger partial charge < -0.3 is 29.6 Å². The SMILES string of the molecule is COc1cc(C(=O)NCC(=O)NCC(C)N2CC(C)OC(C)C2)cc(OC)c1OC. The zero-order chi connectivity index (χ0) is 22.3. The third-order valence-electron chi connectivity index (χ3n) is 5.00. The van der Waals surface area contributed by atoms with Gasteiger partial charge in [-0.1, -0.05) is 0 Å². The third-order valence-corrected chi connectivity index (χ3v) is 5.00. The molecular formula is C21H33N3O6. The molecule has 3 unspecified atom stereocenters. The summed E-state index contributed by atoms with van der Waals surface area (Å²) < 4.78 is 21.5. The summed E-state index contributed by atoms with van der Waals surface area (Å²) in [6.45, 7) is 8.20. The normalized spacial score (nSPS) is 20.2. The molecule has 9 heteroatoms. The monoisotopic (exact) mass is 423 g/mol. The minimum Gasteiger partial charge on any atom is -0.493 e. The lowest BCUT2D eigenvalue weighted by molar-refractivity contribution is -0.120. The quantitative estimate of drug-likeness (QED) is 0.613. The Morgan fingerprint density at radius 1 is 1.07 bits per heavy atom. The first-order chi connectivity index (χ1) is 14.3. The number of carbonyl (C=O) groups excluding carboxylic acids is 2. The van der Waals surface area contributed by atoms with Crippen molar-refractivity contribution in [2.75, 3.05) is 47.5 Å². The number of rotatable bonds is 9. The van der Waals surface area contributed by atoms with Gasteiger partial charge in [0, 0.05) is 31.2 Å². The van der Waals surface area contributed by atoms with Gasteiger partial charge in [0.2, 0.25) is 11.7 Å². The number of hydrogen-bond acceptors (Lipinski definition) is 7. The van der Waals surface area contributed by atoms with Gasteiger partial charge in [0.05, 0.1) is 40.1 Å². The van der Waals surface area contributed by atoms with Crippen LogP contribution in [0.3, 0.4) is 0 Å². The van der Waals surface area contributed by atoms with Gasteiger partial charge in [0.25, 0.3) is 5.91 Å². The maximum Gasteiger partial charge on any atom is 0.251 e. The first-order valence-electron chi connectivity index (χ1n) is 10.0. The zero-order valence-electron chi connectivity index (χ0n) is 18.6. The van der Waals surface area contributed by atoms with Crippen molar-refractivity contribution in [3.8, 4) is 17.2 Å². The summed E-state index contributed by atoms with van der Waals surface area (Å²) in [7, 11) is 4.44. The van der Waals surface area contributed by atoms with E-state index < -0.39 is 5.91 Å². The van der Waals surface area contributed by atoms with Crippen LogP contribution >= 0.6 is 0 Å². The number of amides is 2. The molecule has 2 N–H and O–H groups in total. The Bertz CT molecular complexity index is 706. The van der Waals surface area contributed by atoms with Crippen LogP contribution in [-0.2, 0) is 9.53 Å². The van der Waals surface area contributed by atoms with Crippen LogP contribution in [0, 0.1) is 0 Å². The maximum absolute atomic E-state index is 12.5. The molecule has 1 saturated heterocycles. The van der Waals surface area contributed by atoms with Gasteiger partial charge in [0.15, 0.2) is 11.5 Å². The van der Waals surface area contributed by atoms with Crippen LogP contribution in [-0.4, -0.2) is 82.5 Å². The molecule has 3 atom stereocenters. The van der Waals surface area contributed by atoms with E-state index in [1.165, 1.54) is 33.5 Å². The average Bonchev–Trinajstić information content (AvgIpc) is 2.73. The number of nitrogens with zero attached hydrogens (tertiary/aromatic N) is 1. The third kappa shape index (κ3) is 6.24. The summed E-state index contributed by atoms with van der Waals surface area (Å²) in [5.41, 5.74) is 0.307. The Kier molecular flexibility index (Phi) is 8.73. The molecule has 0 spiro atoms. The molecule has 1 fully saturated rings. The van der Waals surface area contributed by atoms with Crippen molar-refractivity contribution in [3.63, 3.8) is 0 Å². The second-order valence-electron chi connectivity index (χ2n) is 7.46. The van der Waals surface area contributed by atoms with Crippen LogP contribution in [0.25, 0.3) is 0 Å². The highest BCUT2D eigenvalue weighted by molar-refractivity contribution is 5.97. The van der Waals surface area contributed by atoms with E-state index >= 15 is 0 Å². The molecule has 1 aliphatic rings. The Labute approximate surface area is 178 Å². The highest BCUT2D eigenvalue weighted by atomic mass is 16.5. The summed E-state index contributed by atoms with van der Waals surface area (Å²) >= 11 is 0. The van der Waals surface area contributed by atoms with Crippen molar-refractivity contribution in [1.29, 1.82) is 0 Å². The van der Waals surface area contributed by atoms with Gasteiger partial charge in [0.1, 0.15) is 0 Å². The van der Waals surface area contributed by atoms with E-state index in [-0.39, 0.29) is 30.7 Å². The Hall–Kier alpha value is -2.52. The summed E-state index contributed by atoms with van der Waals surface area (Å²) in [4.78, 5) is 27.0. The van der Waals surface area contributed by atoms with E-state index in [1.807, 2.05) is 13.8 Å². The largest absolute Gasteiger partial charge is 0.493 e. The van der Waals surface area contributed by atoms with Crippen molar-refractivity contribution in [3.05, 3.63) is 17.7 Å². The molecule has 0 aromatic heterocycles. The molecule has 1 aliphatic heterocycles. The molecule has 1 heterocycles. The van der Waals surface area contributed by atoms with Crippen molar-refractivity contribution < 1.29 is 28.5 Å². The number of benzene rings is 1. The summed E-state index contributed by atoms with van der Waals surface area (Å²) in [5.74, 6) is 0.476. The average molecular weight is 424 g/mol. The fourth-order valence-electron chi connectivity index (χ4n) is 3.51. The number of nitrogens with one attached hydrogen (secondary N) is 2. The molecule has 1 aromatic carbocycles. The number of morpholine rings is 1. The molecule has 1 aromatic rings. The van der Waals surface area contributed by atoms with Crippen LogP contribution in [0.4, 0.5) is 0 Å². The molecule has 0 aliphatic carbocycles. The van der Waals surface area contributed by atoms with Crippen LogP contribution < -0.4 is 24.8 Å². The van der Waals surface area contributed by atoms with Gasteiger partial charge in [-0.25, -0.2) is 0 Å². The minimum atomic E-state index is -0.409. The van der Waals surface area contributed by atoms with Gasteiger partial charge >= 0.3 is 0 Å². The number of methoxy groups -OCH3 is 3. The van der Waals surface area contributed by atoms with Crippen LogP contribution in [0.5, 0.6) is 17.2 Å². The molecule has 2 rings (SSSR count). The smallest absolute Gasteiger partial charge is 0.251 e. The van der Waals surface area contributed by atoms with Gasteiger partial charge in [-0.05, 0) is 32.9 Å². The van der Waals surface area contributed by atoms with Crippen molar-refractivity contribution >= 4 is 11.8 Å². The molecule has 30 heavy (non-hydrogen) atoms. The molecule has 0 radical (unpaired) electrons.